The van der Waals surface area contributed by atoms with Crippen LogP contribution < -0.4 is 5.73 Å². The van der Waals surface area contributed by atoms with Crippen molar-refractivity contribution >= 4 is 17.6 Å². The number of hydrogen-bond acceptors (Lipinski definition) is 6. The van der Waals surface area contributed by atoms with Gasteiger partial charge in [-0.15, -0.1) is 0 Å². The highest BCUT2D eigenvalue weighted by Crippen LogP contribution is 2.25. The number of hydrogen-bond donors (Lipinski definition) is 1. The topological polar surface area (TPSA) is 91.5 Å². The van der Waals surface area contributed by atoms with Gasteiger partial charge in [0.25, 0.3) is 0 Å². The van der Waals surface area contributed by atoms with Crippen LogP contribution in [0.4, 0.5) is 5.69 Å². The Balaban J connectivity index is 3.28. The zero-order valence-corrected chi connectivity index (χ0v) is 9.89. The van der Waals surface area contributed by atoms with Gasteiger partial charge in [-0.3, -0.25) is 14.6 Å². The second-order valence-corrected chi connectivity index (χ2v) is 3.58. The molecule has 17 heavy (non-hydrogen) atoms. The fraction of sp³-hybridized carbons (Fsp3) is 0.364. The van der Waals surface area contributed by atoms with E-state index in [1.54, 1.807) is 6.07 Å². The third-order valence-corrected chi connectivity index (χ3v) is 2.49. The number of carbonyl (C=O) groups is 2. The van der Waals surface area contributed by atoms with Crippen LogP contribution in [-0.2, 0) is 24.5 Å². The van der Waals surface area contributed by atoms with Crippen LogP contribution in [0.3, 0.4) is 0 Å². The Bertz CT molecular complexity index is 412. The van der Waals surface area contributed by atoms with E-state index in [4.69, 9.17) is 5.73 Å². The molecule has 0 saturated heterocycles. The summed E-state index contributed by atoms with van der Waals surface area (Å²) >= 11 is 0. The van der Waals surface area contributed by atoms with Gasteiger partial charge in [0.15, 0.2) is 0 Å². The van der Waals surface area contributed by atoms with E-state index >= 15 is 0 Å². The zero-order chi connectivity index (χ0) is 13.1. The average Bonchev–Trinajstić information content (AvgIpc) is 2.36. The smallest absolute Gasteiger partial charge is 0.329 e. The Kier molecular flexibility index (Phi) is 3.67. The van der Waals surface area contributed by atoms with Gasteiger partial charge in [0.2, 0.25) is 5.41 Å². The molecule has 0 aliphatic rings. The lowest BCUT2D eigenvalue weighted by Crippen LogP contribution is -2.43. The standard InChI is InChI=1S/C11H14N2O4/c1-11(9(14)16-2,10(15)17-3)8-5-4-7(12)6-13-8/h4-6H,12H2,1-3H3. The molecule has 1 rings (SSSR count). The minimum Gasteiger partial charge on any atom is -0.468 e. The number of nitrogens with two attached hydrogens (primary N) is 1. The summed E-state index contributed by atoms with van der Waals surface area (Å²) in [5.74, 6) is -1.47. The Hall–Kier alpha value is -2.11. The zero-order valence-electron chi connectivity index (χ0n) is 9.89. The van der Waals surface area contributed by atoms with Crippen LogP contribution in [0.1, 0.15) is 12.6 Å². The molecule has 0 amide bonds. The first-order valence-corrected chi connectivity index (χ1v) is 4.85. The van der Waals surface area contributed by atoms with Crippen LogP contribution in [0.2, 0.25) is 0 Å². The van der Waals surface area contributed by atoms with Crippen molar-refractivity contribution in [1.29, 1.82) is 0 Å². The molecule has 0 unspecified atom stereocenters. The van der Waals surface area contributed by atoms with Crippen molar-refractivity contribution < 1.29 is 19.1 Å². The molecule has 0 radical (unpaired) electrons. The van der Waals surface area contributed by atoms with Crippen molar-refractivity contribution in [3.05, 3.63) is 24.0 Å². The number of aromatic nitrogens is 1. The molecular weight excluding hydrogens is 224 g/mol. The molecule has 92 valence electrons. The Morgan fingerprint density at radius 1 is 1.24 bits per heavy atom. The molecule has 2 N–H and O–H groups in total. The van der Waals surface area contributed by atoms with E-state index in [0.717, 1.165) is 0 Å². The maximum Gasteiger partial charge on any atom is 0.329 e. The average molecular weight is 238 g/mol. The van der Waals surface area contributed by atoms with Crippen molar-refractivity contribution in [2.24, 2.45) is 0 Å². The number of methoxy groups -OCH3 is 2. The first-order chi connectivity index (χ1) is 7.96. The summed E-state index contributed by atoms with van der Waals surface area (Å²) in [7, 11) is 2.39. The quantitative estimate of drug-likeness (QED) is 0.600. The summed E-state index contributed by atoms with van der Waals surface area (Å²) in [5, 5.41) is 0. The minimum absolute atomic E-state index is 0.227. The largest absolute Gasteiger partial charge is 0.468 e. The molecule has 0 aromatic carbocycles. The van der Waals surface area contributed by atoms with Gasteiger partial charge in [0, 0.05) is 0 Å². The Morgan fingerprint density at radius 3 is 2.12 bits per heavy atom. The fourth-order valence-corrected chi connectivity index (χ4v) is 1.40. The number of anilines is 1. The maximum atomic E-state index is 11.7. The Labute approximate surface area is 98.7 Å². The molecular formula is C11H14N2O4. The molecule has 6 nitrogen and oxygen atoms in total. The lowest BCUT2D eigenvalue weighted by Gasteiger charge is -2.22. The van der Waals surface area contributed by atoms with E-state index in [-0.39, 0.29) is 5.69 Å². The van der Waals surface area contributed by atoms with Crippen molar-refractivity contribution in [3.8, 4) is 0 Å². The van der Waals surface area contributed by atoms with Gasteiger partial charge in [0.05, 0.1) is 31.8 Å². The molecule has 0 bridgehead atoms. The maximum absolute atomic E-state index is 11.7. The highest BCUT2D eigenvalue weighted by atomic mass is 16.5. The molecule has 0 aliphatic heterocycles. The third-order valence-electron chi connectivity index (χ3n) is 2.49. The predicted octanol–water partition coefficient (Wildman–Crippen LogP) is 0.267. The number of esters is 2. The molecule has 1 aromatic rings. The molecule has 1 aromatic heterocycles. The van der Waals surface area contributed by atoms with E-state index in [2.05, 4.69) is 14.5 Å². The Morgan fingerprint density at radius 2 is 1.76 bits per heavy atom. The summed E-state index contributed by atoms with van der Waals surface area (Å²) in [4.78, 5) is 27.4. The van der Waals surface area contributed by atoms with Crippen molar-refractivity contribution in [1.82, 2.24) is 4.98 Å². The van der Waals surface area contributed by atoms with E-state index < -0.39 is 17.4 Å². The van der Waals surface area contributed by atoms with Crippen molar-refractivity contribution in [3.63, 3.8) is 0 Å². The number of nitrogen functional groups attached to an aromatic ring is 1. The van der Waals surface area contributed by atoms with Crippen molar-refractivity contribution in [2.45, 2.75) is 12.3 Å². The monoisotopic (exact) mass is 238 g/mol. The highest BCUT2D eigenvalue weighted by molar-refractivity contribution is 6.05. The molecule has 0 spiro atoms. The summed E-state index contributed by atoms with van der Waals surface area (Å²) in [6.07, 6.45) is 1.36. The van der Waals surface area contributed by atoms with Crippen LogP contribution in [0.5, 0.6) is 0 Å². The second-order valence-electron chi connectivity index (χ2n) is 3.58. The van der Waals surface area contributed by atoms with Crippen molar-refractivity contribution in [2.75, 3.05) is 20.0 Å². The molecule has 0 atom stereocenters. The second kappa shape index (κ2) is 4.82. The van der Waals surface area contributed by atoms with Gasteiger partial charge >= 0.3 is 11.9 Å². The summed E-state index contributed by atoms with van der Waals surface area (Å²) < 4.78 is 9.22. The fourth-order valence-electron chi connectivity index (χ4n) is 1.40. The summed E-state index contributed by atoms with van der Waals surface area (Å²) in [6, 6.07) is 3.04. The van der Waals surface area contributed by atoms with E-state index in [1.165, 1.54) is 33.4 Å². The number of nitrogens with zero attached hydrogens (tertiary/aromatic N) is 1. The molecule has 1 heterocycles. The first kappa shape index (κ1) is 13.0. The molecule has 0 saturated carbocycles. The lowest BCUT2D eigenvalue weighted by atomic mass is 9.86. The van der Waals surface area contributed by atoms with E-state index in [0.29, 0.717) is 5.69 Å². The number of rotatable bonds is 3. The summed E-state index contributed by atoms with van der Waals surface area (Å²) in [6.45, 7) is 1.39. The number of carbonyl (C=O) groups excluding carboxylic acids is 2. The molecule has 0 fully saturated rings. The van der Waals surface area contributed by atoms with Crippen LogP contribution in [0.15, 0.2) is 18.3 Å². The lowest BCUT2D eigenvalue weighted by molar-refractivity contribution is -0.161. The minimum atomic E-state index is -1.59. The van der Waals surface area contributed by atoms with Crippen LogP contribution in [0, 0.1) is 0 Å². The predicted molar refractivity (Wildman–Crippen MR) is 60.0 cm³/mol. The van der Waals surface area contributed by atoms with Gasteiger partial charge in [-0.2, -0.15) is 0 Å². The van der Waals surface area contributed by atoms with Crippen LogP contribution in [-0.4, -0.2) is 31.1 Å². The highest BCUT2D eigenvalue weighted by Gasteiger charge is 2.46. The van der Waals surface area contributed by atoms with Gasteiger partial charge in [-0.25, -0.2) is 0 Å². The van der Waals surface area contributed by atoms with E-state index in [9.17, 15) is 9.59 Å². The third kappa shape index (κ3) is 2.20. The van der Waals surface area contributed by atoms with Gasteiger partial charge in [0.1, 0.15) is 0 Å². The molecule has 6 heteroatoms. The first-order valence-electron chi connectivity index (χ1n) is 4.85. The SMILES string of the molecule is COC(=O)C(C)(C(=O)OC)c1ccc(N)cn1. The molecule has 0 aliphatic carbocycles. The van der Waals surface area contributed by atoms with Gasteiger partial charge < -0.3 is 15.2 Å². The van der Waals surface area contributed by atoms with Gasteiger partial charge in [-0.1, -0.05) is 0 Å². The number of ether oxygens (including phenoxy) is 2. The van der Waals surface area contributed by atoms with E-state index in [1.807, 2.05) is 0 Å². The summed E-state index contributed by atoms with van der Waals surface area (Å²) in [5.41, 5.74) is 4.57. The normalized spacial score (nSPS) is 10.8. The van der Waals surface area contributed by atoms with Gasteiger partial charge in [-0.05, 0) is 19.1 Å². The van der Waals surface area contributed by atoms with Crippen LogP contribution in [0.25, 0.3) is 0 Å². The number of pyridine rings is 1. The van der Waals surface area contributed by atoms with Crippen LogP contribution >= 0.6 is 0 Å².